The third kappa shape index (κ3) is 16.3. The van der Waals surface area contributed by atoms with Crippen LogP contribution in [0.15, 0.2) is 251 Å². The van der Waals surface area contributed by atoms with Gasteiger partial charge in [-0.1, -0.05) is 148 Å². The van der Waals surface area contributed by atoms with E-state index in [9.17, 15) is 0 Å². The Hall–Kier alpha value is -7.67. The summed E-state index contributed by atoms with van der Waals surface area (Å²) in [7, 11) is 5.94. The van der Waals surface area contributed by atoms with Gasteiger partial charge in [0.15, 0.2) is 0 Å². The molecule has 2 aliphatic heterocycles. The summed E-state index contributed by atoms with van der Waals surface area (Å²) >= 11 is 0. The van der Waals surface area contributed by atoms with E-state index in [0.717, 1.165) is 56.9 Å². The van der Waals surface area contributed by atoms with Gasteiger partial charge >= 0.3 is 0 Å². The summed E-state index contributed by atoms with van der Waals surface area (Å²) in [6.45, 7) is 13.4. The monoisotopic (exact) mass is 2110 g/mol. The molecule has 0 bridgehead atoms. The summed E-state index contributed by atoms with van der Waals surface area (Å²) in [5, 5.41) is 4.03. The summed E-state index contributed by atoms with van der Waals surface area (Å²) in [5.41, 5.74) is 18.9. The zero-order valence-electron chi connectivity index (χ0n) is 51.8. The average Bonchev–Trinajstić information content (AvgIpc) is 1.59. The van der Waals surface area contributed by atoms with E-state index in [1.165, 1.54) is 44.5 Å². The Bertz CT molecular complexity index is 4370. The van der Waals surface area contributed by atoms with Crippen molar-refractivity contribution in [3.63, 3.8) is 0 Å². The molecule has 12 aromatic rings. The molecule has 0 saturated carbocycles. The third-order valence-electron chi connectivity index (χ3n) is 15.8. The molecule has 481 valence electrons. The van der Waals surface area contributed by atoms with Gasteiger partial charge in [-0.2, -0.15) is 66.4 Å². The molecule has 6 aromatic carbocycles. The van der Waals surface area contributed by atoms with Crippen LogP contribution in [0.4, 0.5) is 17.1 Å². The van der Waals surface area contributed by atoms with E-state index in [1.807, 2.05) is 121 Å². The van der Waals surface area contributed by atoms with Gasteiger partial charge in [0, 0.05) is 162 Å². The molecule has 13 nitrogen and oxygen atoms in total. The Morgan fingerprint density at radius 3 is 1.54 bits per heavy atom. The smallest absolute Gasteiger partial charge is 0.0567 e. The van der Waals surface area contributed by atoms with Crippen molar-refractivity contribution in [1.82, 2.24) is 48.7 Å². The van der Waals surface area contributed by atoms with Crippen LogP contribution >= 0.6 is 0 Å². The van der Waals surface area contributed by atoms with E-state index in [4.69, 9.17) is 0 Å². The molecule has 93 heavy (non-hydrogen) atoms. The molecule has 0 amide bonds. The molecular formula is C75H64Ir5N13-7. The second kappa shape index (κ2) is 32.9. The van der Waals surface area contributed by atoms with Gasteiger partial charge in [0.05, 0.1) is 5.82 Å². The maximum Gasteiger partial charge on any atom is 0.0567 e. The summed E-state index contributed by atoms with van der Waals surface area (Å²) in [5.74, 6) is 1.74. The fraction of sp³-hybridized carbons (Fsp3) is 0.120. The Morgan fingerprint density at radius 2 is 1.00 bits per heavy atom. The van der Waals surface area contributed by atoms with Crippen LogP contribution in [0.25, 0.3) is 62.1 Å². The van der Waals surface area contributed by atoms with Gasteiger partial charge < -0.3 is 38.7 Å². The predicted octanol–water partition coefficient (Wildman–Crippen LogP) is 15.1. The van der Waals surface area contributed by atoms with Gasteiger partial charge in [0.25, 0.3) is 0 Å². The van der Waals surface area contributed by atoms with Crippen LogP contribution < -0.4 is 14.7 Å². The number of fused-ring (bicyclic) bond motifs is 6. The minimum absolute atomic E-state index is 0. The zero-order chi connectivity index (χ0) is 60.6. The molecule has 4 aliphatic rings. The SMILES string of the molecule is CC1(C)c2ccccc2-c2c[c-]c(N3C=CN(c4ccccc4)[CH-]3)cc21.CN1C=CN(c2[c-]cc3c(c2)C(C)(C)c2ccccc2-3)[CH-]1.Cn1ccnc1-c1[c-]cccn1.Cn1ccnc1-c1[c-]cnc(-c2ccccc2)c1.[Ir].[Ir].[Ir].[Ir].[Ir].[c-]1ccncc1-n1cccn1. The van der Waals surface area contributed by atoms with E-state index in [1.54, 1.807) is 54.1 Å². The molecule has 2 aliphatic carbocycles. The first-order chi connectivity index (χ1) is 42.9. The largest absolute Gasteiger partial charge is 0.510 e. The van der Waals surface area contributed by atoms with Crippen LogP contribution in [0.5, 0.6) is 0 Å². The van der Waals surface area contributed by atoms with Crippen LogP contribution in [0.2, 0.25) is 0 Å². The number of nitrogens with zero attached hydrogens (tertiary/aromatic N) is 13. The quantitative estimate of drug-likeness (QED) is 0.143. The maximum atomic E-state index is 4.36. The van der Waals surface area contributed by atoms with Gasteiger partial charge in [0.1, 0.15) is 0 Å². The van der Waals surface area contributed by atoms with Crippen LogP contribution in [0, 0.1) is 43.7 Å². The van der Waals surface area contributed by atoms with Crippen molar-refractivity contribution in [2.75, 3.05) is 21.7 Å². The third-order valence-corrected chi connectivity index (χ3v) is 15.8. The summed E-state index contributed by atoms with van der Waals surface area (Å²) in [6, 6.07) is 72.1. The number of anilines is 3. The molecule has 16 rings (SSSR count). The fourth-order valence-electron chi connectivity index (χ4n) is 11.2. The normalized spacial score (nSPS) is 13.2. The first-order valence-electron chi connectivity index (χ1n) is 28.9. The Morgan fingerprint density at radius 1 is 0.430 bits per heavy atom. The Kier molecular flexibility index (Phi) is 25.8. The number of pyridine rings is 3. The number of benzene rings is 6. The number of imidazole rings is 2. The van der Waals surface area contributed by atoms with Crippen molar-refractivity contribution in [3.05, 3.63) is 316 Å². The number of rotatable bonds is 7. The molecule has 0 fully saturated rings. The standard InChI is InChI=1S/C24H20N2.C19H18N2.C15H12N3.C9H8N3.C8H6N3.5Ir/c1-24(2)22-11-7-6-10-20(22)21-13-12-19(16-23(21)24)26-15-14-25(17-26)18-8-4-3-5-9-18;1-19(2)17-7-5-4-6-15(17)16-9-8-14(12-18(16)19)21-11-10-20(3)13-21;1-18-10-9-17-15(18)13-7-8-16-14(11-13)12-5-3-2-4-6-12;1-12-7-6-11-9(12)8-4-2-3-5-10-8;1-3-8(7-9-4-1)11-6-2-5-10-11;;;;;/h3-11,13-17H,1-2H3;4-7,9-13H,1-3H3;2-6,8-11H,1H3;2-3,5-7H,1H3;1-2,4-7H;;;;;/q2*-2;3*-1;;;;;. The number of hydrogen-bond donors (Lipinski definition) is 0. The van der Waals surface area contributed by atoms with Gasteiger partial charge in [-0.25, -0.2) is 0 Å². The molecule has 18 heteroatoms. The maximum absolute atomic E-state index is 4.36. The molecule has 5 radical (unpaired) electrons. The number of hydrogen-bond acceptors (Lipinski definition) is 10. The van der Waals surface area contributed by atoms with Gasteiger partial charge in [0.2, 0.25) is 0 Å². The minimum Gasteiger partial charge on any atom is -0.510 e. The number of aromatic nitrogens is 9. The van der Waals surface area contributed by atoms with Crippen molar-refractivity contribution in [2.45, 2.75) is 38.5 Å². The van der Waals surface area contributed by atoms with E-state index < -0.39 is 0 Å². The second-order valence-electron chi connectivity index (χ2n) is 22.3. The zero-order valence-corrected chi connectivity index (χ0v) is 63.8. The molecule has 8 heterocycles. The molecule has 0 spiro atoms. The van der Waals surface area contributed by atoms with Crippen LogP contribution in [-0.4, -0.2) is 55.8 Å². The van der Waals surface area contributed by atoms with E-state index >= 15 is 0 Å². The molecule has 0 atom stereocenters. The molecular weight excluding hydrogens is 2040 g/mol. The predicted molar refractivity (Wildman–Crippen MR) is 350 cm³/mol. The summed E-state index contributed by atoms with van der Waals surface area (Å²) < 4.78 is 5.60. The topological polar surface area (TPSA) is 105 Å². The van der Waals surface area contributed by atoms with E-state index in [2.05, 4.69) is 232 Å². The van der Waals surface area contributed by atoms with E-state index in [0.29, 0.717) is 0 Å². The van der Waals surface area contributed by atoms with Crippen molar-refractivity contribution < 1.29 is 101 Å². The van der Waals surface area contributed by atoms with Crippen molar-refractivity contribution >= 4 is 17.1 Å². The van der Waals surface area contributed by atoms with Gasteiger partial charge in [-0.3, -0.25) is 19.6 Å². The molecule has 0 N–H and O–H groups in total. The first kappa shape index (κ1) is 72.7. The minimum atomic E-state index is 0. The number of aryl methyl sites for hydroxylation is 2. The summed E-state index contributed by atoms with van der Waals surface area (Å²) in [6.07, 6.45) is 26.0. The van der Waals surface area contributed by atoms with Crippen LogP contribution in [-0.2, 0) is 125 Å². The fourth-order valence-corrected chi connectivity index (χ4v) is 11.2. The summed E-state index contributed by atoms with van der Waals surface area (Å²) in [4.78, 5) is 29.3. The molecule has 6 aromatic heterocycles. The first-order valence-corrected chi connectivity index (χ1v) is 28.9. The van der Waals surface area contributed by atoms with E-state index in [-0.39, 0.29) is 111 Å². The van der Waals surface area contributed by atoms with Crippen molar-refractivity contribution in [2.24, 2.45) is 14.1 Å². The van der Waals surface area contributed by atoms with Crippen molar-refractivity contribution in [1.29, 1.82) is 0 Å². The van der Waals surface area contributed by atoms with Crippen LogP contribution in [0.3, 0.4) is 0 Å². The van der Waals surface area contributed by atoms with Gasteiger partial charge in [-0.15, -0.1) is 70.1 Å². The Balaban J connectivity index is 0.000000168. The molecule has 0 saturated heterocycles. The molecule has 0 unspecified atom stereocenters. The number of para-hydroxylation sites is 1. The van der Waals surface area contributed by atoms with Crippen LogP contribution in [0.1, 0.15) is 49.9 Å². The van der Waals surface area contributed by atoms with Gasteiger partial charge in [-0.05, 0) is 108 Å². The van der Waals surface area contributed by atoms with Crippen molar-refractivity contribution in [3.8, 4) is 62.1 Å². The second-order valence-corrected chi connectivity index (χ2v) is 22.3. The Labute approximate surface area is 613 Å². The average molecular weight is 2110 g/mol.